The number of aliphatic hydroxyl groups excluding tert-OH is 1. The van der Waals surface area contributed by atoms with Crippen molar-refractivity contribution in [3.63, 3.8) is 0 Å². The van der Waals surface area contributed by atoms with Gasteiger partial charge in [-0.2, -0.15) is 0 Å². The van der Waals surface area contributed by atoms with Gasteiger partial charge in [0, 0.05) is 18.2 Å². The summed E-state index contributed by atoms with van der Waals surface area (Å²) >= 11 is 7.37. The SMILES string of the molecule is CC(C)[C@@H](C(=O)Nc1ccc(OCc2ccccc2)cc1)N(C(=O)c1ccc(Cl)s1)[C@H](c1ccccc1)[C@H](C)CO. The lowest BCUT2D eigenvalue weighted by atomic mass is 9.89. The molecule has 0 fully saturated rings. The van der Waals surface area contributed by atoms with Gasteiger partial charge in [-0.15, -0.1) is 11.3 Å². The van der Waals surface area contributed by atoms with Crippen LogP contribution in [-0.2, 0) is 11.4 Å². The second-order valence-corrected chi connectivity index (χ2v) is 12.0. The maximum atomic E-state index is 14.1. The Kier molecular flexibility index (Phi) is 10.6. The zero-order valence-corrected chi connectivity index (χ0v) is 24.9. The van der Waals surface area contributed by atoms with Crippen molar-refractivity contribution in [3.05, 3.63) is 117 Å². The molecule has 2 amide bonds. The van der Waals surface area contributed by atoms with E-state index in [0.717, 1.165) is 11.1 Å². The lowest BCUT2D eigenvalue weighted by Gasteiger charge is -2.41. The maximum Gasteiger partial charge on any atom is 0.265 e. The quantitative estimate of drug-likeness (QED) is 0.179. The van der Waals surface area contributed by atoms with E-state index in [2.05, 4.69) is 5.32 Å². The third-order valence-electron chi connectivity index (χ3n) is 6.86. The monoisotopic (exact) mass is 590 g/mol. The second-order valence-electron chi connectivity index (χ2n) is 10.3. The van der Waals surface area contributed by atoms with Gasteiger partial charge in [-0.3, -0.25) is 9.59 Å². The van der Waals surface area contributed by atoms with Crippen LogP contribution in [0.5, 0.6) is 5.75 Å². The van der Waals surface area contributed by atoms with E-state index in [1.807, 2.05) is 81.4 Å². The lowest BCUT2D eigenvalue weighted by molar-refractivity contribution is -0.123. The number of nitrogens with zero attached hydrogens (tertiary/aromatic N) is 1. The van der Waals surface area contributed by atoms with Crippen molar-refractivity contribution in [1.82, 2.24) is 4.90 Å². The largest absolute Gasteiger partial charge is 0.489 e. The van der Waals surface area contributed by atoms with E-state index in [9.17, 15) is 14.7 Å². The molecular formula is C33H35ClN2O4S. The summed E-state index contributed by atoms with van der Waals surface area (Å²) in [5, 5.41) is 13.2. The molecule has 0 bridgehead atoms. The first-order chi connectivity index (χ1) is 19.8. The third kappa shape index (κ3) is 7.76. The molecule has 4 aromatic rings. The van der Waals surface area contributed by atoms with Crippen molar-refractivity contribution in [3.8, 4) is 5.75 Å². The van der Waals surface area contributed by atoms with Crippen LogP contribution in [0.15, 0.2) is 97.1 Å². The van der Waals surface area contributed by atoms with E-state index in [4.69, 9.17) is 16.3 Å². The molecule has 6 nitrogen and oxygen atoms in total. The summed E-state index contributed by atoms with van der Waals surface area (Å²) in [6, 6.07) is 28.5. The summed E-state index contributed by atoms with van der Waals surface area (Å²) in [5.74, 6) is -0.527. The zero-order valence-electron chi connectivity index (χ0n) is 23.4. The average Bonchev–Trinajstić information content (AvgIpc) is 3.43. The van der Waals surface area contributed by atoms with Crippen LogP contribution in [0.1, 0.15) is 47.6 Å². The van der Waals surface area contributed by atoms with E-state index < -0.39 is 12.1 Å². The van der Waals surface area contributed by atoms with Crippen molar-refractivity contribution in [2.75, 3.05) is 11.9 Å². The molecule has 0 aliphatic heterocycles. The Hall–Kier alpha value is -3.65. The van der Waals surface area contributed by atoms with Crippen LogP contribution < -0.4 is 10.1 Å². The molecule has 8 heteroatoms. The summed E-state index contributed by atoms with van der Waals surface area (Å²) in [5.41, 5.74) is 2.49. The predicted octanol–water partition coefficient (Wildman–Crippen LogP) is 7.46. The molecule has 41 heavy (non-hydrogen) atoms. The van der Waals surface area contributed by atoms with Gasteiger partial charge in [0.15, 0.2) is 0 Å². The minimum absolute atomic E-state index is 0.161. The number of benzene rings is 3. The molecule has 4 rings (SSSR count). The van der Waals surface area contributed by atoms with Crippen LogP contribution in [-0.4, -0.2) is 34.5 Å². The molecular weight excluding hydrogens is 556 g/mol. The highest BCUT2D eigenvalue weighted by atomic mass is 35.5. The first-order valence-electron chi connectivity index (χ1n) is 13.6. The number of halogens is 1. The van der Waals surface area contributed by atoms with Crippen LogP contribution in [0.4, 0.5) is 5.69 Å². The fourth-order valence-electron chi connectivity index (χ4n) is 4.84. The number of amides is 2. The second kappa shape index (κ2) is 14.3. The zero-order chi connectivity index (χ0) is 29.4. The van der Waals surface area contributed by atoms with Gasteiger partial charge < -0.3 is 20.1 Å². The first kappa shape index (κ1) is 30.3. The molecule has 0 spiro atoms. The Balaban J connectivity index is 1.62. The Bertz CT molecular complexity index is 1410. The number of carbonyl (C=O) groups excluding carboxylic acids is 2. The van der Waals surface area contributed by atoms with Crippen LogP contribution in [0.2, 0.25) is 4.34 Å². The third-order valence-corrected chi connectivity index (χ3v) is 8.08. The number of hydrogen-bond acceptors (Lipinski definition) is 5. The average molecular weight is 591 g/mol. The van der Waals surface area contributed by atoms with Crippen molar-refractivity contribution in [1.29, 1.82) is 0 Å². The molecule has 1 aromatic heterocycles. The summed E-state index contributed by atoms with van der Waals surface area (Å²) in [6.07, 6.45) is 0. The fraction of sp³-hybridized carbons (Fsp3) is 0.273. The molecule has 0 unspecified atom stereocenters. The normalized spacial score (nSPS) is 13.3. The molecule has 3 aromatic carbocycles. The number of thiophene rings is 1. The van der Waals surface area contributed by atoms with E-state index in [-0.39, 0.29) is 30.3 Å². The molecule has 3 atom stereocenters. The van der Waals surface area contributed by atoms with Crippen LogP contribution in [0.25, 0.3) is 0 Å². The van der Waals surface area contributed by atoms with Crippen molar-refractivity contribution >= 4 is 40.4 Å². The smallest absolute Gasteiger partial charge is 0.265 e. The van der Waals surface area contributed by atoms with E-state index >= 15 is 0 Å². The lowest BCUT2D eigenvalue weighted by Crippen LogP contribution is -2.53. The Morgan fingerprint density at radius 3 is 2.10 bits per heavy atom. The number of hydrogen-bond donors (Lipinski definition) is 2. The van der Waals surface area contributed by atoms with Crippen LogP contribution in [0.3, 0.4) is 0 Å². The van der Waals surface area contributed by atoms with Gasteiger partial charge in [0.2, 0.25) is 5.91 Å². The number of rotatable bonds is 12. The highest BCUT2D eigenvalue weighted by molar-refractivity contribution is 7.18. The van der Waals surface area contributed by atoms with Gasteiger partial charge in [0.1, 0.15) is 18.4 Å². The van der Waals surface area contributed by atoms with Gasteiger partial charge in [0.25, 0.3) is 5.91 Å². The van der Waals surface area contributed by atoms with Gasteiger partial charge in [-0.25, -0.2) is 0 Å². The van der Waals surface area contributed by atoms with Crippen molar-refractivity contribution in [2.24, 2.45) is 11.8 Å². The Morgan fingerprint density at radius 2 is 1.54 bits per heavy atom. The summed E-state index contributed by atoms with van der Waals surface area (Å²) in [7, 11) is 0. The van der Waals surface area contributed by atoms with Crippen molar-refractivity contribution in [2.45, 2.75) is 39.5 Å². The van der Waals surface area contributed by atoms with Gasteiger partial charge in [-0.1, -0.05) is 93.0 Å². The van der Waals surface area contributed by atoms with Gasteiger partial charge in [-0.05, 0) is 53.4 Å². The number of anilines is 1. The number of nitrogens with one attached hydrogen (secondary N) is 1. The number of aliphatic hydroxyl groups is 1. The fourth-order valence-corrected chi connectivity index (χ4v) is 5.82. The molecule has 0 radical (unpaired) electrons. The number of ether oxygens (including phenoxy) is 1. The number of carbonyl (C=O) groups is 2. The van der Waals surface area contributed by atoms with Gasteiger partial charge in [0.05, 0.1) is 15.3 Å². The molecule has 2 N–H and O–H groups in total. The Morgan fingerprint density at radius 1 is 0.902 bits per heavy atom. The topological polar surface area (TPSA) is 78.9 Å². The minimum atomic E-state index is -0.836. The highest BCUT2D eigenvalue weighted by Crippen LogP contribution is 2.36. The van der Waals surface area contributed by atoms with Crippen LogP contribution in [0, 0.1) is 11.8 Å². The van der Waals surface area contributed by atoms with Gasteiger partial charge >= 0.3 is 0 Å². The standard InChI is InChI=1S/C33H35ClN2O4S/c1-22(2)30(32(38)35-26-14-16-27(17-15-26)40-21-24-10-6-4-7-11-24)36(33(39)28-18-19-29(34)41-28)31(23(3)20-37)25-12-8-5-9-13-25/h4-19,22-23,30-31,37H,20-21H2,1-3H3,(H,35,38)/t23-,30+,31+/m1/s1. The summed E-state index contributed by atoms with van der Waals surface area (Å²) in [4.78, 5) is 30.1. The molecule has 1 heterocycles. The van der Waals surface area contributed by atoms with E-state index in [1.54, 1.807) is 41.3 Å². The molecule has 0 aliphatic carbocycles. The molecule has 0 aliphatic rings. The molecule has 214 valence electrons. The molecule has 0 saturated carbocycles. The molecule has 0 saturated heterocycles. The minimum Gasteiger partial charge on any atom is -0.489 e. The highest BCUT2D eigenvalue weighted by Gasteiger charge is 2.40. The van der Waals surface area contributed by atoms with E-state index in [0.29, 0.717) is 27.3 Å². The maximum absolute atomic E-state index is 14.1. The van der Waals surface area contributed by atoms with Crippen molar-refractivity contribution < 1.29 is 19.4 Å². The van der Waals surface area contributed by atoms with E-state index in [1.165, 1.54) is 11.3 Å². The van der Waals surface area contributed by atoms with Crippen LogP contribution >= 0.6 is 22.9 Å². The Labute approximate surface area is 250 Å². The first-order valence-corrected chi connectivity index (χ1v) is 14.8. The summed E-state index contributed by atoms with van der Waals surface area (Å²) < 4.78 is 6.36. The summed E-state index contributed by atoms with van der Waals surface area (Å²) in [6.45, 7) is 5.99. The predicted molar refractivity (Wildman–Crippen MR) is 165 cm³/mol.